The molecular weight excluding hydrogens is 214 g/mol. The molecule has 0 fully saturated rings. The number of aliphatic hydroxyl groups excluding tert-OH is 1. The van der Waals surface area contributed by atoms with E-state index in [1.807, 2.05) is 31.9 Å². The summed E-state index contributed by atoms with van der Waals surface area (Å²) in [6.07, 6.45) is 5.04. The van der Waals surface area contributed by atoms with E-state index in [9.17, 15) is 5.11 Å². The van der Waals surface area contributed by atoms with E-state index in [0.29, 0.717) is 0 Å². The van der Waals surface area contributed by atoms with Crippen LogP contribution in [-0.2, 0) is 6.54 Å². The summed E-state index contributed by atoms with van der Waals surface area (Å²) >= 11 is 0. The highest BCUT2D eigenvalue weighted by atomic mass is 16.3. The third kappa shape index (κ3) is 2.53. The summed E-state index contributed by atoms with van der Waals surface area (Å²) < 4.78 is 1.85. The lowest BCUT2D eigenvalue weighted by molar-refractivity contribution is -0.0150. The van der Waals surface area contributed by atoms with Crippen molar-refractivity contribution in [2.24, 2.45) is 0 Å². The van der Waals surface area contributed by atoms with Crippen LogP contribution in [0.1, 0.15) is 45.3 Å². The van der Waals surface area contributed by atoms with Crippen molar-refractivity contribution in [1.82, 2.24) is 14.7 Å². The number of rotatable bonds is 6. The van der Waals surface area contributed by atoms with Crippen molar-refractivity contribution >= 4 is 0 Å². The molecule has 0 aliphatic carbocycles. The van der Waals surface area contributed by atoms with Gasteiger partial charge in [0.2, 0.25) is 0 Å². The fourth-order valence-electron chi connectivity index (χ4n) is 2.52. The molecule has 1 aromatic heterocycles. The second-order valence-electron chi connectivity index (χ2n) is 4.74. The van der Waals surface area contributed by atoms with E-state index in [1.54, 1.807) is 6.20 Å². The minimum atomic E-state index is -0.493. The Hall–Kier alpha value is -0.870. The molecule has 17 heavy (non-hydrogen) atoms. The summed E-state index contributed by atoms with van der Waals surface area (Å²) in [6.45, 7) is 7.12. The van der Waals surface area contributed by atoms with Gasteiger partial charge in [-0.2, -0.15) is 5.10 Å². The molecule has 1 atom stereocenters. The third-order valence-electron chi connectivity index (χ3n) is 3.92. The molecule has 1 heterocycles. The van der Waals surface area contributed by atoms with Crippen LogP contribution in [0.2, 0.25) is 0 Å². The van der Waals surface area contributed by atoms with Crippen LogP contribution in [0.15, 0.2) is 12.4 Å². The molecule has 0 aliphatic rings. The molecular formula is C13H25N3O. The summed E-state index contributed by atoms with van der Waals surface area (Å²) in [5, 5.41) is 14.9. The van der Waals surface area contributed by atoms with Gasteiger partial charge in [-0.1, -0.05) is 13.8 Å². The Morgan fingerprint density at radius 2 is 1.94 bits per heavy atom. The predicted octanol–water partition coefficient (Wildman–Crippen LogP) is 2.06. The Balaban J connectivity index is 3.02. The monoisotopic (exact) mass is 239 g/mol. The number of likely N-dealkylation sites (N-methyl/N-ethyl adjacent to an activating group) is 1. The van der Waals surface area contributed by atoms with Gasteiger partial charge in [-0.3, -0.25) is 4.68 Å². The van der Waals surface area contributed by atoms with Gasteiger partial charge in [-0.05, 0) is 33.9 Å². The van der Waals surface area contributed by atoms with Crippen molar-refractivity contribution in [1.29, 1.82) is 0 Å². The van der Waals surface area contributed by atoms with E-state index < -0.39 is 6.10 Å². The maximum atomic E-state index is 10.6. The summed E-state index contributed by atoms with van der Waals surface area (Å²) in [6, 6.07) is 0. The second-order valence-corrected chi connectivity index (χ2v) is 4.74. The topological polar surface area (TPSA) is 41.3 Å². The molecule has 0 aliphatic heterocycles. The van der Waals surface area contributed by atoms with Gasteiger partial charge in [-0.15, -0.1) is 0 Å². The molecule has 4 nitrogen and oxygen atoms in total. The minimum absolute atomic E-state index is 0.207. The lowest BCUT2D eigenvalue weighted by Crippen LogP contribution is -2.48. The number of hydrogen-bond donors (Lipinski definition) is 1. The van der Waals surface area contributed by atoms with Crippen molar-refractivity contribution in [3.8, 4) is 0 Å². The van der Waals surface area contributed by atoms with Gasteiger partial charge in [0.05, 0.1) is 11.7 Å². The van der Waals surface area contributed by atoms with E-state index >= 15 is 0 Å². The van der Waals surface area contributed by atoms with E-state index in [0.717, 1.165) is 24.9 Å². The largest absolute Gasteiger partial charge is 0.386 e. The van der Waals surface area contributed by atoms with Gasteiger partial charge in [0.15, 0.2) is 0 Å². The van der Waals surface area contributed by atoms with Crippen LogP contribution in [-0.4, -0.2) is 39.4 Å². The van der Waals surface area contributed by atoms with Crippen molar-refractivity contribution in [3.63, 3.8) is 0 Å². The van der Waals surface area contributed by atoms with Gasteiger partial charge in [0.1, 0.15) is 6.10 Å². The number of nitrogens with zero attached hydrogens (tertiary/aromatic N) is 3. The zero-order chi connectivity index (χ0) is 13.1. The van der Waals surface area contributed by atoms with Crippen molar-refractivity contribution in [3.05, 3.63) is 18.0 Å². The smallest absolute Gasteiger partial charge is 0.100 e. The molecule has 4 heteroatoms. The fourth-order valence-corrected chi connectivity index (χ4v) is 2.52. The number of aromatic nitrogens is 2. The molecule has 98 valence electrons. The minimum Gasteiger partial charge on any atom is -0.386 e. The highest BCUT2D eigenvalue weighted by molar-refractivity contribution is 5.15. The average Bonchev–Trinajstić information content (AvgIpc) is 2.79. The zero-order valence-corrected chi connectivity index (χ0v) is 11.6. The number of aryl methyl sites for hydroxylation is 1. The molecule has 0 aromatic carbocycles. The maximum absolute atomic E-state index is 10.6. The Bertz CT molecular complexity index is 342. The maximum Gasteiger partial charge on any atom is 0.100 e. The molecule has 0 spiro atoms. The third-order valence-corrected chi connectivity index (χ3v) is 3.92. The van der Waals surface area contributed by atoms with Crippen LogP contribution in [0.25, 0.3) is 0 Å². The Morgan fingerprint density at radius 1 is 1.35 bits per heavy atom. The van der Waals surface area contributed by atoms with Gasteiger partial charge in [-0.25, -0.2) is 0 Å². The van der Waals surface area contributed by atoms with Crippen molar-refractivity contribution in [2.45, 2.75) is 51.8 Å². The Labute approximate surface area is 104 Å². The van der Waals surface area contributed by atoms with Gasteiger partial charge in [0, 0.05) is 18.3 Å². The summed E-state index contributed by atoms with van der Waals surface area (Å²) in [4.78, 5) is 2.13. The summed E-state index contributed by atoms with van der Waals surface area (Å²) in [5.74, 6) is 0. The van der Waals surface area contributed by atoms with E-state index in [4.69, 9.17) is 0 Å². The van der Waals surface area contributed by atoms with Gasteiger partial charge in [0.25, 0.3) is 0 Å². The van der Waals surface area contributed by atoms with Crippen LogP contribution >= 0.6 is 0 Å². The van der Waals surface area contributed by atoms with Crippen LogP contribution in [0.5, 0.6) is 0 Å². The lowest BCUT2D eigenvalue weighted by atomic mass is 9.82. The first-order valence-corrected chi connectivity index (χ1v) is 6.39. The molecule has 0 saturated carbocycles. The average molecular weight is 239 g/mol. The standard InChI is InChI=1S/C13H25N3O/c1-6-13(7-2,15(4)5)12(17)11-9-14-16(8-3)10-11/h9-10,12,17H,6-8H2,1-5H3. The van der Waals surface area contributed by atoms with Crippen LogP contribution in [0, 0.1) is 0 Å². The molecule has 0 radical (unpaired) electrons. The van der Waals surface area contributed by atoms with Crippen molar-refractivity contribution < 1.29 is 5.11 Å². The van der Waals surface area contributed by atoms with Crippen LogP contribution in [0.4, 0.5) is 0 Å². The van der Waals surface area contributed by atoms with E-state index in [1.165, 1.54) is 0 Å². The first kappa shape index (κ1) is 14.2. The zero-order valence-electron chi connectivity index (χ0n) is 11.6. The summed E-state index contributed by atoms with van der Waals surface area (Å²) in [7, 11) is 4.06. The predicted molar refractivity (Wildman–Crippen MR) is 69.9 cm³/mol. The number of aliphatic hydroxyl groups is 1. The van der Waals surface area contributed by atoms with Crippen molar-refractivity contribution in [2.75, 3.05) is 14.1 Å². The second kappa shape index (κ2) is 5.65. The molecule has 1 unspecified atom stereocenters. The molecule has 1 rings (SSSR count). The highest BCUT2D eigenvalue weighted by Gasteiger charge is 2.38. The molecule has 1 aromatic rings. The Morgan fingerprint density at radius 3 is 2.29 bits per heavy atom. The lowest BCUT2D eigenvalue weighted by Gasteiger charge is -2.42. The number of hydrogen-bond acceptors (Lipinski definition) is 3. The first-order valence-electron chi connectivity index (χ1n) is 6.39. The normalized spacial score (nSPS) is 14.3. The van der Waals surface area contributed by atoms with Gasteiger partial charge >= 0.3 is 0 Å². The molecule has 0 bridgehead atoms. The molecule has 0 amide bonds. The highest BCUT2D eigenvalue weighted by Crippen LogP contribution is 2.35. The SMILES string of the molecule is CCn1cc(C(O)C(CC)(CC)N(C)C)cn1. The summed E-state index contributed by atoms with van der Waals surface area (Å²) in [5.41, 5.74) is 0.700. The van der Waals surface area contributed by atoms with E-state index in [2.05, 4.69) is 23.8 Å². The molecule has 0 saturated heterocycles. The quantitative estimate of drug-likeness (QED) is 0.826. The molecule has 1 N–H and O–H groups in total. The first-order chi connectivity index (χ1) is 8.01. The van der Waals surface area contributed by atoms with E-state index in [-0.39, 0.29) is 5.54 Å². The Kier molecular flexibility index (Phi) is 4.71. The fraction of sp³-hybridized carbons (Fsp3) is 0.769. The van der Waals surface area contributed by atoms with Crippen LogP contribution < -0.4 is 0 Å². The van der Waals surface area contributed by atoms with Crippen LogP contribution in [0.3, 0.4) is 0 Å². The van der Waals surface area contributed by atoms with Gasteiger partial charge < -0.3 is 10.0 Å².